The third kappa shape index (κ3) is 2.44. The molecule has 1 aromatic carbocycles. The van der Waals surface area contributed by atoms with Crippen LogP contribution in [-0.4, -0.2) is 24.7 Å². The fraction of sp³-hybridized carbons (Fsp3) is 0.571. The van der Waals surface area contributed by atoms with Gasteiger partial charge in [-0.1, -0.05) is 12.1 Å². The van der Waals surface area contributed by atoms with Gasteiger partial charge in [0.1, 0.15) is 5.82 Å². The molecular weight excluding hydrogens is 215 g/mol. The van der Waals surface area contributed by atoms with Crippen LogP contribution in [0.5, 0.6) is 0 Å². The average molecular weight is 236 g/mol. The van der Waals surface area contributed by atoms with Crippen LogP contribution < -0.4 is 10.2 Å². The maximum absolute atomic E-state index is 14.0. The summed E-state index contributed by atoms with van der Waals surface area (Å²) < 4.78 is 14.0. The largest absolute Gasteiger partial charge is 0.360 e. The average Bonchev–Trinajstić information content (AvgIpc) is 2.39. The van der Waals surface area contributed by atoms with Gasteiger partial charge in [0, 0.05) is 18.1 Å². The molecule has 94 valence electrons. The van der Waals surface area contributed by atoms with E-state index in [1.54, 1.807) is 6.07 Å². The number of nitrogens with zero attached hydrogens (tertiary/aromatic N) is 1. The number of hydrogen-bond donors (Lipinski definition) is 1. The molecule has 0 spiro atoms. The lowest BCUT2D eigenvalue weighted by Crippen LogP contribution is -2.52. The van der Waals surface area contributed by atoms with Gasteiger partial charge < -0.3 is 10.2 Å². The van der Waals surface area contributed by atoms with Crippen molar-refractivity contribution < 1.29 is 4.39 Å². The Labute approximate surface area is 103 Å². The molecule has 1 aliphatic rings. The molecule has 1 aliphatic heterocycles. The Morgan fingerprint density at radius 1 is 1.35 bits per heavy atom. The highest BCUT2D eigenvalue weighted by atomic mass is 19.1. The van der Waals surface area contributed by atoms with Gasteiger partial charge in [-0.2, -0.15) is 0 Å². The SMILES string of the molecule is CC1CCNCC(C)(C)N1c1ccccc1F. The van der Waals surface area contributed by atoms with Crippen LogP contribution >= 0.6 is 0 Å². The van der Waals surface area contributed by atoms with Crippen molar-refractivity contribution in [3.8, 4) is 0 Å². The summed E-state index contributed by atoms with van der Waals surface area (Å²) in [5.41, 5.74) is 0.645. The van der Waals surface area contributed by atoms with Crippen molar-refractivity contribution in [1.82, 2.24) is 5.32 Å². The topological polar surface area (TPSA) is 15.3 Å². The van der Waals surface area contributed by atoms with Crippen LogP contribution in [0, 0.1) is 5.82 Å². The van der Waals surface area contributed by atoms with Crippen LogP contribution in [0.2, 0.25) is 0 Å². The number of hydrogen-bond acceptors (Lipinski definition) is 2. The number of nitrogens with one attached hydrogen (secondary N) is 1. The van der Waals surface area contributed by atoms with Crippen molar-refractivity contribution in [3.63, 3.8) is 0 Å². The zero-order chi connectivity index (χ0) is 12.5. The van der Waals surface area contributed by atoms with Crippen LogP contribution in [0.15, 0.2) is 24.3 Å². The zero-order valence-electron chi connectivity index (χ0n) is 10.8. The second kappa shape index (κ2) is 4.65. The molecule has 0 saturated carbocycles. The molecule has 0 bridgehead atoms. The standard InChI is InChI=1S/C14H21FN2/c1-11-8-9-16-10-14(2,3)17(11)13-7-5-4-6-12(13)15/h4-7,11,16H,8-10H2,1-3H3. The maximum atomic E-state index is 14.0. The van der Waals surface area contributed by atoms with Gasteiger partial charge in [-0.3, -0.25) is 0 Å². The Morgan fingerprint density at radius 2 is 2.06 bits per heavy atom. The Bertz CT molecular complexity index is 390. The van der Waals surface area contributed by atoms with Crippen LogP contribution in [0.1, 0.15) is 27.2 Å². The lowest BCUT2D eigenvalue weighted by molar-refractivity contribution is 0.425. The molecule has 2 nitrogen and oxygen atoms in total. The van der Waals surface area contributed by atoms with E-state index in [0.29, 0.717) is 11.7 Å². The first-order valence-electron chi connectivity index (χ1n) is 6.27. The normalized spacial score (nSPS) is 24.5. The molecule has 1 N–H and O–H groups in total. The maximum Gasteiger partial charge on any atom is 0.146 e. The molecule has 1 saturated heterocycles. The fourth-order valence-corrected chi connectivity index (χ4v) is 2.73. The molecule has 0 radical (unpaired) electrons. The zero-order valence-corrected chi connectivity index (χ0v) is 10.8. The van der Waals surface area contributed by atoms with Gasteiger partial charge in [-0.05, 0) is 45.9 Å². The number of rotatable bonds is 1. The highest BCUT2D eigenvalue weighted by Gasteiger charge is 2.33. The van der Waals surface area contributed by atoms with Gasteiger partial charge >= 0.3 is 0 Å². The summed E-state index contributed by atoms with van der Waals surface area (Å²) in [6.45, 7) is 8.37. The van der Waals surface area contributed by atoms with Gasteiger partial charge in [0.15, 0.2) is 0 Å². The van der Waals surface area contributed by atoms with Crippen molar-refractivity contribution in [1.29, 1.82) is 0 Å². The first-order chi connectivity index (χ1) is 8.02. The molecule has 1 unspecified atom stereocenters. The minimum atomic E-state index is -0.130. The second-order valence-corrected chi connectivity index (χ2v) is 5.45. The molecule has 1 heterocycles. The first kappa shape index (κ1) is 12.4. The van der Waals surface area contributed by atoms with Gasteiger partial charge in [0.25, 0.3) is 0 Å². The third-order valence-electron chi connectivity index (χ3n) is 3.50. The van der Waals surface area contributed by atoms with Gasteiger partial charge in [-0.25, -0.2) is 4.39 Å². The summed E-state index contributed by atoms with van der Waals surface area (Å²) in [5.74, 6) is -0.130. The Balaban J connectivity index is 2.42. The molecule has 0 aliphatic carbocycles. The molecule has 17 heavy (non-hydrogen) atoms. The van der Waals surface area contributed by atoms with E-state index in [2.05, 4.69) is 31.0 Å². The number of anilines is 1. The molecule has 1 fully saturated rings. The summed E-state index contributed by atoms with van der Waals surface area (Å²) in [5, 5.41) is 3.42. The van der Waals surface area contributed by atoms with Crippen molar-refractivity contribution in [2.75, 3.05) is 18.0 Å². The Kier molecular flexibility index (Phi) is 3.38. The van der Waals surface area contributed by atoms with E-state index in [9.17, 15) is 4.39 Å². The quantitative estimate of drug-likeness (QED) is 0.806. The summed E-state index contributed by atoms with van der Waals surface area (Å²) in [7, 11) is 0. The Hall–Kier alpha value is -1.09. The van der Waals surface area contributed by atoms with Crippen molar-refractivity contribution in [2.45, 2.75) is 38.8 Å². The fourth-order valence-electron chi connectivity index (χ4n) is 2.73. The predicted octanol–water partition coefficient (Wildman–Crippen LogP) is 2.79. The third-order valence-corrected chi connectivity index (χ3v) is 3.50. The second-order valence-electron chi connectivity index (χ2n) is 5.45. The monoisotopic (exact) mass is 236 g/mol. The van der Waals surface area contributed by atoms with Crippen LogP contribution in [-0.2, 0) is 0 Å². The van der Waals surface area contributed by atoms with E-state index in [1.165, 1.54) is 6.07 Å². The lowest BCUT2D eigenvalue weighted by atomic mass is 9.99. The minimum absolute atomic E-state index is 0.0713. The van der Waals surface area contributed by atoms with Crippen LogP contribution in [0.4, 0.5) is 10.1 Å². The van der Waals surface area contributed by atoms with Gasteiger partial charge in [-0.15, -0.1) is 0 Å². The summed E-state index contributed by atoms with van der Waals surface area (Å²) in [6, 6.07) is 7.40. The van der Waals surface area contributed by atoms with E-state index in [1.807, 2.05) is 12.1 Å². The molecule has 0 aromatic heterocycles. The molecule has 3 heteroatoms. The highest BCUT2D eigenvalue weighted by Crippen LogP contribution is 2.30. The number of benzene rings is 1. The van der Waals surface area contributed by atoms with E-state index in [4.69, 9.17) is 0 Å². The van der Waals surface area contributed by atoms with E-state index in [0.717, 1.165) is 19.5 Å². The summed E-state index contributed by atoms with van der Waals surface area (Å²) >= 11 is 0. The lowest BCUT2D eigenvalue weighted by Gasteiger charge is -2.42. The van der Waals surface area contributed by atoms with Crippen molar-refractivity contribution in [2.24, 2.45) is 0 Å². The molecule has 2 rings (SSSR count). The highest BCUT2D eigenvalue weighted by molar-refractivity contribution is 5.51. The molecule has 1 atom stereocenters. The van der Waals surface area contributed by atoms with E-state index in [-0.39, 0.29) is 11.4 Å². The van der Waals surface area contributed by atoms with Crippen LogP contribution in [0.25, 0.3) is 0 Å². The van der Waals surface area contributed by atoms with Crippen LogP contribution in [0.3, 0.4) is 0 Å². The Morgan fingerprint density at radius 3 is 2.76 bits per heavy atom. The molecular formula is C14H21FN2. The predicted molar refractivity (Wildman–Crippen MR) is 69.9 cm³/mol. The van der Waals surface area contributed by atoms with Crippen molar-refractivity contribution in [3.05, 3.63) is 30.1 Å². The number of halogens is 1. The summed E-state index contributed by atoms with van der Waals surface area (Å²) in [6.07, 6.45) is 1.04. The minimum Gasteiger partial charge on any atom is -0.360 e. The van der Waals surface area contributed by atoms with E-state index < -0.39 is 0 Å². The van der Waals surface area contributed by atoms with Crippen molar-refractivity contribution >= 4 is 5.69 Å². The molecule has 0 amide bonds. The van der Waals surface area contributed by atoms with Gasteiger partial charge in [0.2, 0.25) is 0 Å². The summed E-state index contributed by atoms with van der Waals surface area (Å²) in [4.78, 5) is 2.21. The van der Waals surface area contributed by atoms with E-state index >= 15 is 0 Å². The first-order valence-corrected chi connectivity index (χ1v) is 6.27. The van der Waals surface area contributed by atoms with Gasteiger partial charge in [0.05, 0.1) is 5.69 Å². The number of para-hydroxylation sites is 1. The smallest absolute Gasteiger partial charge is 0.146 e. The molecule has 1 aromatic rings.